The summed E-state index contributed by atoms with van der Waals surface area (Å²) in [6.07, 6.45) is 3.96. The summed E-state index contributed by atoms with van der Waals surface area (Å²) in [7, 11) is 1.68. The van der Waals surface area contributed by atoms with Gasteiger partial charge in [0.05, 0.1) is 15.5 Å². The Bertz CT molecular complexity index is 488. The number of rotatable bonds is 2. The van der Waals surface area contributed by atoms with Gasteiger partial charge in [0.15, 0.2) is 0 Å². The van der Waals surface area contributed by atoms with Crippen LogP contribution in [0.1, 0.15) is 11.8 Å². The van der Waals surface area contributed by atoms with Crippen molar-refractivity contribution in [1.82, 2.24) is 5.01 Å². The maximum atomic E-state index is 11.7. The van der Waals surface area contributed by atoms with E-state index in [4.69, 9.17) is 0 Å². The molecule has 0 radical (unpaired) electrons. The smallest absolute Gasteiger partial charge is 0.267 e. The second kappa shape index (κ2) is 4.43. The van der Waals surface area contributed by atoms with Gasteiger partial charge in [0.25, 0.3) is 5.91 Å². The van der Waals surface area contributed by atoms with Crippen molar-refractivity contribution < 1.29 is 4.79 Å². The lowest BCUT2D eigenvalue weighted by Crippen LogP contribution is -2.16. The summed E-state index contributed by atoms with van der Waals surface area (Å²) in [6, 6.07) is 4.10. The minimum absolute atomic E-state index is 0.0309. The van der Waals surface area contributed by atoms with Gasteiger partial charge in [-0.3, -0.25) is 4.79 Å². The lowest BCUT2D eigenvalue weighted by atomic mass is 10.1. The molecule has 84 valence electrons. The van der Waals surface area contributed by atoms with Crippen molar-refractivity contribution in [2.75, 3.05) is 13.3 Å². The lowest BCUT2D eigenvalue weighted by Gasteiger charge is -2.00. The number of carbonyl (C=O) groups is 1. The number of hydrogen-bond acceptors (Lipinski definition) is 4. The first-order chi connectivity index (χ1) is 7.61. The second-order valence-corrected chi connectivity index (χ2v) is 5.65. The monoisotopic (exact) mass is 252 g/mol. The standard InChI is InChI=1S/C11H12N2OS2/c1-7-9(11(14)13(2)12-7)6-8-4-5-10(15-3)16-8/h4-6H,1-3H3. The minimum atomic E-state index is -0.0309. The van der Waals surface area contributed by atoms with Gasteiger partial charge in [0, 0.05) is 11.9 Å². The largest absolute Gasteiger partial charge is 0.275 e. The third-order valence-electron chi connectivity index (χ3n) is 2.30. The highest BCUT2D eigenvalue weighted by atomic mass is 32.2. The average molecular weight is 252 g/mol. The van der Waals surface area contributed by atoms with Crippen LogP contribution in [0, 0.1) is 0 Å². The van der Waals surface area contributed by atoms with Crippen LogP contribution >= 0.6 is 23.1 Å². The number of thioether (sulfide) groups is 1. The Hall–Kier alpha value is -1.07. The topological polar surface area (TPSA) is 32.7 Å². The first-order valence-electron chi connectivity index (χ1n) is 4.81. The number of nitrogens with zero attached hydrogens (tertiary/aromatic N) is 2. The Morgan fingerprint density at radius 3 is 2.75 bits per heavy atom. The van der Waals surface area contributed by atoms with Gasteiger partial charge >= 0.3 is 0 Å². The second-order valence-electron chi connectivity index (χ2n) is 3.43. The highest BCUT2D eigenvalue weighted by Crippen LogP contribution is 2.28. The summed E-state index contributed by atoms with van der Waals surface area (Å²) in [4.78, 5) is 12.8. The van der Waals surface area contributed by atoms with Crippen molar-refractivity contribution >= 4 is 40.8 Å². The molecule has 1 aromatic rings. The number of likely N-dealkylation sites (N-methyl/N-ethyl adjacent to an activating group) is 1. The van der Waals surface area contributed by atoms with E-state index in [9.17, 15) is 4.79 Å². The molecule has 5 heteroatoms. The van der Waals surface area contributed by atoms with Gasteiger partial charge in [0.2, 0.25) is 0 Å². The SMILES string of the molecule is CSc1ccc(C=C2C(=O)N(C)N=C2C)s1. The van der Waals surface area contributed by atoms with Gasteiger partial charge in [-0.1, -0.05) is 0 Å². The van der Waals surface area contributed by atoms with Crippen LogP contribution in [0.4, 0.5) is 0 Å². The van der Waals surface area contributed by atoms with Crippen LogP contribution in [0.5, 0.6) is 0 Å². The van der Waals surface area contributed by atoms with E-state index in [-0.39, 0.29) is 5.91 Å². The van der Waals surface area contributed by atoms with E-state index in [1.807, 2.05) is 25.3 Å². The molecule has 0 aromatic carbocycles. The Balaban J connectivity index is 2.31. The summed E-state index contributed by atoms with van der Waals surface area (Å²) in [5.41, 5.74) is 1.48. The van der Waals surface area contributed by atoms with E-state index in [0.717, 1.165) is 10.6 Å². The Morgan fingerprint density at radius 2 is 2.25 bits per heavy atom. The number of carbonyl (C=O) groups excluding carboxylic acids is 1. The van der Waals surface area contributed by atoms with E-state index < -0.39 is 0 Å². The molecule has 0 N–H and O–H groups in total. The number of amides is 1. The molecule has 3 nitrogen and oxygen atoms in total. The van der Waals surface area contributed by atoms with Gasteiger partial charge < -0.3 is 0 Å². The molecule has 2 heterocycles. The van der Waals surface area contributed by atoms with Crippen LogP contribution in [-0.2, 0) is 4.79 Å². The van der Waals surface area contributed by atoms with Crippen molar-refractivity contribution in [1.29, 1.82) is 0 Å². The van der Waals surface area contributed by atoms with E-state index in [0.29, 0.717) is 5.57 Å². The summed E-state index contributed by atoms with van der Waals surface area (Å²) < 4.78 is 1.25. The van der Waals surface area contributed by atoms with Crippen LogP contribution in [0.25, 0.3) is 6.08 Å². The van der Waals surface area contributed by atoms with Gasteiger partial charge in [-0.2, -0.15) is 5.10 Å². The van der Waals surface area contributed by atoms with Crippen molar-refractivity contribution in [2.24, 2.45) is 5.10 Å². The summed E-state index contributed by atoms with van der Waals surface area (Å²) in [5, 5.41) is 5.49. The molecule has 2 rings (SSSR count). The van der Waals surface area contributed by atoms with E-state index in [2.05, 4.69) is 11.2 Å². The number of hydrogen-bond donors (Lipinski definition) is 0. The average Bonchev–Trinajstić information content (AvgIpc) is 2.80. The molecule has 16 heavy (non-hydrogen) atoms. The number of thiophene rings is 1. The molecule has 1 aliphatic rings. The molecule has 0 atom stereocenters. The lowest BCUT2D eigenvalue weighted by molar-refractivity contribution is -0.124. The third kappa shape index (κ3) is 2.05. The third-order valence-corrected chi connectivity index (χ3v) is 4.42. The highest BCUT2D eigenvalue weighted by molar-refractivity contribution is 8.00. The highest BCUT2D eigenvalue weighted by Gasteiger charge is 2.24. The van der Waals surface area contributed by atoms with Crippen molar-refractivity contribution in [3.63, 3.8) is 0 Å². The summed E-state index contributed by atoms with van der Waals surface area (Å²) >= 11 is 3.40. The van der Waals surface area contributed by atoms with E-state index >= 15 is 0 Å². The zero-order valence-electron chi connectivity index (χ0n) is 9.35. The molecular formula is C11H12N2OS2. The van der Waals surface area contributed by atoms with Gasteiger partial charge in [-0.15, -0.1) is 23.1 Å². The fourth-order valence-corrected chi connectivity index (χ4v) is 2.99. The van der Waals surface area contributed by atoms with Gasteiger partial charge in [-0.25, -0.2) is 5.01 Å². The predicted molar refractivity (Wildman–Crippen MR) is 70.0 cm³/mol. The van der Waals surface area contributed by atoms with Crippen LogP contribution in [0.3, 0.4) is 0 Å². The molecule has 0 saturated heterocycles. The zero-order valence-corrected chi connectivity index (χ0v) is 11.0. The maximum Gasteiger partial charge on any atom is 0.275 e. The molecule has 0 saturated carbocycles. The summed E-state index contributed by atoms with van der Waals surface area (Å²) in [5.74, 6) is -0.0309. The quantitative estimate of drug-likeness (QED) is 0.599. The van der Waals surface area contributed by atoms with Crippen LogP contribution in [0.15, 0.2) is 27.0 Å². The Labute approximate surface area is 103 Å². The molecule has 0 spiro atoms. The first-order valence-corrected chi connectivity index (χ1v) is 6.85. The van der Waals surface area contributed by atoms with E-state index in [1.54, 1.807) is 30.1 Å². The molecule has 1 aromatic heterocycles. The molecule has 0 fully saturated rings. The first kappa shape index (κ1) is 11.4. The van der Waals surface area contributed by atoms with Crippen molar-refractivity contribution in [3.8, 4) is 0 Å². The van der Waals surface area contributed by atoms with Crippen LogP contribution < -0.4 is 0 Å². The Morgan fingerprint density at radius 1 is 1.50 bits per heavy atom. The normalized spacial score (nSPS) is 18.4. The number of hydrazone groups is 1. The fraction of sp³-hybridized carbons (Fsp3) is 0.273. The maximum absolute atomic E-state index is 11.7. The van der Waals surface area contributed by atoms with Crippen molar-refractivity contribution in [2.45, 2.75) is 11.1 Å². The molecule has 0 bridgehead atoms. The molecule has 1 aliphatic heterocycles. The molecular weight excluding hydrogens is 240 g/mol. The van der Waals surface area contributed by atoms with Crippen LogP contribution in [0.2, 0.25) is 0 Å². The Kier molecular flexibility index (Phi) is 3.16. The summed E-state index contributed by atoms with van der Waals surface area (Å²) in [6.45, 7) is 1.86. The van der Waals surface area contributed by atoms with Gasteiger partial charge in [0.1, 0.15) is 0 Å². The minimum Gasteiger partial charge on any atom is -0.267 e. The van der Waals surface area contributed by atoms with Crippen LogP contribution in [-0.4, -0.2) is 29.9 Å². The van der Waals surface area contributed by atoms with Gasteiger partial charge in [-0.05, 0) is 31.4 Å². The van der Waals surface area contributed by atoms with Crippen molar-refractivity contribution in [3.05, 3.63) is 22.6 Å². The molecule has 0 aliphatic carbocycles. The zero-order chi connectivity index (χ0) is 11.7. The predicted octanol–water partition coefficient (Wildman–Crippen LogP) is 2.70. The molecule has 0 unspecified atom stereocenters. The molecule has 1 amide bonds. The van der Waals surface area contributed by atoms with E-state index in [1.165, 1.54) is 9.22 Å². The fourth-order valence-electron chi connectivity index (χ4n) is 1.48.